The van der Waals surface area contributed by atoms with Gasteiger partial charge in [-0.05, 0) is 18.9 Å². The van der Waals surface area contributed by atoms with E-state index in [-0.39, 0.29) is 5.79 Å². The topological polar surface area (TPSA) is 36.3 Å². The van der Waals surface area contributed by atoms with Crippen LogP contribution in [0.2, 0.25) is 0 Å². The standard InChI is InChI=1S/C12H16N2O2/c1-6-13-14(7-1)10-11-2-4-12(5-3-11)15-8-9-16-12/h1,6-7,10H,2-5,8-9H2. The lowest BCUT2D eigenvalue weighted by Crippen LogP contribution is -2.33. The maximum atomic E-state index is 5.69. The number of aromatic nitrogens is 2. The Balaban J connectivity index is 1.66. The van der Waals surface area contributed by atoms with Gasteiger partial charge in [0.25, 0.3) is 0 Å². The molecule has 1 saturated heterocycles. The molecule has 1 saturated carbocycles. The Bertz CT molecular complexity index is 366. The first-order valence-corrected chi connectivity index (χ1v) is 5.83. The van der Waals surface area contributed by atoms with Crippen molar-refractivity contribution in [2.75, 3.05) is 13.2 Å². The molecule has 0 unspecified atom stereocenters. The highest BCUT2D eigenvalue weighted by atomic mass is 16.7. The fourth-order valence-corrected chi connectivity index (χ4v) is 2.41. The third-order valence-electron chi connectivity index (χ3n) is 3.31. The highest BCUT2D eigenvalue weighted by Crippen LogP contribution is 2.37. The summed E-state index contributed by atoms with van der Waals surface area (Å²) in [4.78, 5) is 0. The molecular weight excluding hydrogens is 204 g/mol. The Labute approximate surface area is 94.8 Å². The molecule has 1 aromatic heterocycles. The molecule has 0 amide bonds. The van der Waals surface area contributed by atoms with Crippen molar-refractivity contribution in [3.63, 3.8) is 0 Å². The molecule has 4 nitrogen and oxygen atoms in total. The summed E-state index contributed by atoms with van der Waals surface area (Å²) in [5.74, 6) is -0.262. The quantitative estimate of drug-likeness (QED) is 0.726. The minimum Gasteiger partial charge on any atom is -0.348 e. The summed E-state index contributed by atoms with van der Waals surface area (Å²) in [6, 6.07) is 1.94. The van der Waals surface area contributed by atoms with Gasteiger partial charge in [-0.3, -0.25) is 0 Å². The van der Waals surface area contributed by atoms with Crippen LogP contribution in [-0.2, 0) is 9.47 Å². The fraction of sp³-hybridized carbons (Fsp3) is 0.583. The molecule has 3 rings (SSSR count). The minimum atomic E-state index is -0.262. The molecule has 2 fully saturated rings. The lowest BCUT2D eigenvalue weighted by Gasteiger charge is -2.32. The van der Waals surface area contributed by atoms with Gasteiger partial charge in [-0.1, -0.05) is 5.57 Å². The van der Waals surface area contributed by atoms with Gasteiger partial charge in [0.15, 0.2) is 5.79 Å². The molecule has 2 heterocycles. The summed E-state index contributed by atoms with van der Waals surface area (Å²) in [6.45, 7) is 1.50. The summed E-state index contributed by atoms with van der Waals surface area (Å²) >= 11 is 0. The maximum absolute atomic E-state index is 5.69. The van der Waals surface area contributed by atoms with Gasteiger partial charge in [0.05, 0.1) is 13.2 Å². The largest absolute Gasteiger partial charge is 0.348 e. The lowest BCUT2D eigenvalue weighted by atomic mass is 9.90. The molecule has 1 aliphatic heterocycles. The van der Waals surface area contributed by atoms with Gasteiger partial charge >= 0.3 is 0 Å². The van der Waals surface area contributed by atoms with Crippen LogP contribution in [-0.4, -0.2) is 28.8 Å². The second-order valence-electron chi connectivity index (χ2n) is 4.38. The summed E-state index contributed by atoms with van der Waals surface area (Å²) in [5, 5.41) is 4.18. The van der Waals surface area contributed by atoms with E-state index in [0.717, 1.165) is 38.9 Å². The Morgan fingerprint density at radius 1 is 1.25 bits per heavy atom. The second kappa shape index (κ2) is 4.03. The van der Waals surface area contributed by atoms with E-state index in [2.05, 4.69) is 11.3 Å². The number of hydrogen-bond acceptors (Lipinski definition) is 3. The van der Waals surface area contributed by atoms with Crippen LogP contribution in [0.25, 0.3) is 6.20 Å². The van der Waals surface area contributed by atoms with Gasteiger partial charge in [-0.2, -0.15) is 5.10 Å². The molecule has 1 spiro atoms. The first kappa shape index (κ1) is 10.1. The van der Waals surface area contributed by atoms with Gasteiger partial charge in [0.1, 0.15) is 0 Å². The van der Waals surface area contributed by atoms with Gasteiger partial charge in [-0.15, -0.1) is 0 Å². The molecule has 16 heavy (non-hydrogen) atoms. The van der Waals surface area contributed by atoms with Crippen molar-refractivity contribution >= 4 is 6.20 Å². The number of hydrogen-bond donors (Lipinski definition) is 0. The Hall–Kier alpha value is -1.13. The predicted octanol–water partition coefficient (Wildman–Crippen LogP) is 2.04. The fourth-order valence-electron chi connectivity index (χ4n) is 2.41. The Morgan fingerprint density at radius 2 is 2.00 bits per heavy atom. The second-order valence-corrected chi connectivity index (χ2v) is 4.38. The van der Waals surface area contributed by atoms with Crippen molar-refractivity contribution in [1.82, 2.24) is 9.78 Å². The molecular formula is C12H16N2O2. The normalized spacial score (nSPS) is 23.9. The van der Waals surface area contributed by atoms with Crippen molar-refractivity contribution in [2.24, 2.45) is 0 Å². The van der Waals surface area contributed by atoms with Crippen LogP contribution in [0.1, 0.15) is 25.7 Å². The van der Waals surface area contributed by atoms with Crippen molar-refractivity contribution in [3.8, 4) is 0 Å². The molecule has 1 aliphatic carbocycles. The third kappa shape index (κ3) is 1.90. The molecule has 0 N–H and O–H groups in total. The average Bonchev–Trinajstić information content (AvgIpc) is 2.94. The van der Waals surface area contributed by atoms with E-state index in [0.29, 0.717) is 0 Å². The molecule has 0 bridgehead atoms. The number of nitrogens with zero attached hydrogens (tertiary/aromatic N) is 2. The van der Waals surface area contributed by atoms with Gasteiger partial charge in [-0.25, -0.2) is 4.68 Å². The van der Waals surface area contributed by atoms with Gasteiger partial charge in [0, 0.05) is 31.4 Å². The van der Waals surface area contributed by atoms with E-state index < -0.39 is 0 Å². The van der Waals surface area contributed by atoms with Crippen molar-refractivity contribution in [1.29, 1.82) is 0 Å². The average molecular weight is 220 g/mol. The predicted molar refractivity (Wildman–Crippen MR) is 59.6 cm³/mol. The zero-order valence-corrected chi connectivity index (χ0v) is 9.26. The Kier molecular flexibility index (Phi) is 2.53. The molecule has 0 atom stereocenters. The van der Waals surface area contributed by atoms with Gasteiger partial charge in [0.2, 0.25) is 0 Å². The zero-order valence-electron chi connectivity index (χ0n) is 9.26. The minimum absolute atomic E-state index is 0.262. The third-order valence-corrected chi connectivity index (χ3v) is 3.31. The molecule has 1 aromatic rings. The smallest absolute Gasteiger partial charge is 0.169 e. The van der Waals surface area contributed by atoms with Crippen molar-refractivity contribution in [3.05, 3.63) is 24.0 Å². The number of allylic oxidation sites excluding steroid dienone is 1. The van der Waals surface area contributed by atoms with E-state index in [1.807, 2.05) is 16.9 Å². The lowest BCUT2D eigenvalue weighted by molar-refractivity contribution is -0.171. The number of ether oxygens (including phenoxy) is 2. The molecule has 0 radical (unpaired) electrons. The summed E-state index contributed by atoms with van der Waals surface area (Å²) in [5.41, 5.74) is 1.42. The summed E-state index contributed by atoms with van der Waals surface area (Å²) < 4.78 is 13.3. The van der Waals surface area contributed by atoms with Crippen LogP contribution < -0.4 is 0 Å². The van der Waals surface area contributed by atoms with E-state index in [9.17, 15) is 0 Å². The van der Waals surface area contributed by atoms with Crippen LogP contribution in [0.15, 0.2) is 24.0 Å². The van der Waals surface area contributed by atoms with E-state index in [1.54, 1.807) is 6.20 Å². The summed E-state index contributed by atoms with van der Waals surface area (Å²) in [6.07, 6.45) is 9.90. The summed E-state index contributed by atoms with van der Waals surface area (Å²) in [7, 11) is 0. The highest BCUT2D eigenvalue weighted by molar-refractivity contribution is 5.30. The van der Waals surface area contributed by atoms with Gasteiger partial charge < -0.3 is 9.47 Å². The van der Waals surface area contributed by atoms with Crippen LogP contribution in [0.4, 0.5) is 0 Å². The van der Waals surface area contributed by atoms with E-state index >= 15 is 0 Å². The molecule has 86 valence electrons. The number of rotatable bonds is 1. The van der Waals surface area contributed by atoms with E-state index in [1.165, 1.54) is 5.57 Å². The van der Waals surface area contributed by atoms with E-state index in [4.69, 9.17) is 9.47 Å². The molecule has 4 heteroatoms. The molecule has 0 aromatic carbocycles. The SMILES string of the molecule is C(=C1CCC2(CC1)OCCO2)n1cccn1. The monoisotopic (exact) mass is 220 g/mol. The molecule has 2 aliphatic rings. The first-order valence-electron chi connectivity index (χ1n) is 5.83. The van der Waals surface area contributed by atoms with Crippen LogP contribution in [0.5, 0.6) is 0 Å². The van der Waals surface area contributed by atoms with Crippen LogP contribution in [0, 0.1) is 0 Å². The van der Waals surface area contributed by atoms with Crippen LogP contribution in [0.3, 0.4) is 0 Å². The van der Waals surface area contributed by atoms with Crippen molar-refractivity contribution in [2.45, 2.75) is 31.5 Å². The van der Waals surface area contributed by atoms with Crippen molar-refractivity contribution < 1.29 is 9.47 Å². The highest BCUT2D eigenvalue weighted by Gasteiger charge is 2.38. The zero-order chi connectivity index (χ0) is 10.8. The first-order chi connectivity index (χ1) is 7.86. The van der Waals surface area contributed by atoms with Crippen LogP contribution >= 0.6 is 0 Å². The maximum Gasteiger partial charge on any atom is 0.169 e. The Morgan fingerprint density at radius 3 is 2.62 bits per heavy atom.